The van der Waals surface area contributed by atoms with Gasteiger partial charge in [0.1, 0.15) is 11.3 Å². The van der Waals surface area contributed by atoms with Crippen LogP contribution in [0.15, 0.2) is 53.6 Å². The third-order valence-corrected chi connectivity index (χ3v) is 6.41. The van der Waals surface area contributed by atoms with Gasteiger partial charge in [0.2, 0.25) is 0 Å². The van der Waals surface area contributed by atoms with Crippen molar-refractivity contribution in [2.45, 2.75) is 19.1 Å². The average molecular weight is 421 g/mol. The van der Waals surface area contributed by atoms with Crippen LogP contribution >= 0.6 is 11.9 Å². The molecule has 29 heavy (non-hydrogen) atoms. The molecule has 1 N–H and O–H groups in total. The van der Waals surface area contributed by atoms with E-state index in [1.54, 1.807) is 18.3 Å². The van der Waals surface area contributed by atoms with Gasteiger partial charge < -0.3 is 5.11 Å². The Hall–Kier alpha value is -2.03. The number of phenols is 1. The first kappa shape index (κ1) is 20.3. The summed E-state index contributed by atoms with van der Waals surface area (Å²) in [5.74, 6) is -1.13. The Labute approximate surface area is 171 Å². The zero-order valence-electron chi connectivity index (χ0n) is 15.8. The van der Waals surface area contributed by atoms with Crippen LogP contribution in [0.4, 0.5) is 13.2 Å². The normalized spacial score (nSPS) is 21.5. The Kier molecular flexibility index (Phi) is 5.85. The molecule has 0 amide bonds. The summed E-state index contributed by atoms with van der Waals surface area (Å²) in [5.41, 5.74) is 1.47. The summed E-state index contributed by atoms with van der Waals surface area (Å²) in [5, 5.41) is 11.4. The standard InChI is InChI=1S/C21H22F3N3OS/c22-21(23,24)17-5-7-18(8-6-17)29-27-12-10-26(11-13-27)14-16-4-3-15-2-1-9-25-19(15)20(16)28/h1-5,7-9,17,28H,6,10-14H2. The molecule has 0 radical (unpaired) electrons. The zero-order chi connectivity index (χ0) is 20.4. The van der Waals surface area contributed by atoms with Crippen LogP contribution in [-0.4, -0.2) is 51.7 Å². The van der Waals surface area contributed by atoms with E-state index in [9.17, 15) is 18.3 Å². The number of phenolic OH excluding ortho intramolecular Hbond substituents is 1. The van der Waals surface area contributed by atoms with E-state index >= 15 is 0 Å². The monoisotopic (exact) mass is 421 g/mol. The number of nitrogens with zero attached hydrogens (tertiary/aromatic N) is 3. The van der Waals surface area contributed by atoms with Gasteiger partial charge in [0.25, 0.3) is 0 Å². The summed E-state index contributed by atoms with van der Waals surface area (Å²) in [6.45, 7) is 3.92. The molecule has 154 valence electrons. The summed E-state index contributed by atoms with van der Waals surface area (Å²) in [4.78, 5) is 7.41. The van der Waals surface area contributed by atoms with Gasteiger partial charge in [-0.1, -0.05) is 36.4 Å². The molecule has 1 fully saturated rings. The predicted molar refractivity (Wildman–Crippen MR) is 109 cm³/mol. The van der Waals surface area contributed by atoms with Gasteiger partial charge >= 0.3 is 6.18 Å². The van der Waals surface area contributed by atoms with Crippen molar-refractivity contribution in [3.8, 4) is 5.75 Å². The second kappa shape index (κ2) is 8.38. The number of aromatic hydroxyl groups is 1. The quantitative estimate of drug-likeness (QED) is 0.723. The van der Waals surface area contributed by atoms with E-state index in [0.717, 1.165) is 42.0 Å². The zero-order valence-corrected chi connectivity index (χ0v) is 16.6. The molecule has 1 aromatic carbocycles. The fraction of sp³-hybridized carbons (Fsp3) is 0.381. The number of hydrogen-bond donors (Lipinski definition) is 1. The molecule has 1 saturated heterocycles. The van der Waals surface area contributed by atoms with Gasteiger partial charge in [0.15, 0.2) is 0 Å². The Morgan fingerprint density at radius 2 is 1.93 bits per heavy atom. The fourth-order valence-electron chi connectivity index (χ4n) is 3.58. The molecule has 0 spiro atoms. The van der Waals surface area contributed by atoms with Crippen LogP contribution in [-0.2, 0) is 6.54 Å². The SMILES string of the molecule is Oc1c(CN2CCN(SC3=CCC(C(F)(F)F)C=C3)CC2)ccc2cccnc12. The lowest BCUT2D eigenvalue weighted by atomic mass is 10.0. The van der Waals surface area contributed by atoms with Crippen LogP contribution in [0.2, 0.25) is 0 Å². The van der Waals surface area contributed by atoms with Crippen LogP contribution < -0.4 is 0 Å². The molecular formula is C21H22F3N3OS. The van der Waals surface area contributed by atoms with Gasteiger partial charge in [0, 0.05) is 54.8 Å². The van der Waals surface area contributed by atoms with E-state index in [4.69, 9.17) is 0 Å². The average Bonchev–Trinajstić information content (AvgIpc) is 2.71. The van der Waals surface area contributed by atoms with Crippen molar-refractivity contribution in [1.82, 2.24) is 14.2 Å². The van der Waals surface area contributed by atoms with Crippen molar-refractivity contribution in [1.29, 1.82) is 0 Å². The lowest BCUT2D eigenvalue weighted by Crippen LogP contribution is -2.42. The number of alkyl halides is 3. The highest BCUT2D eigenvalue weighted by atomic mass is 32.2. The van der Waals surface area contributed by atoms with Crippen LogP contribution in [0.1, 0.15) is 12.0 Å². The molecule has 1 unspecified atom stereocenters. The number of piperazine rings is 1. The molecule has 1 aliphatic carbocycles. The minimum atomic E-state index is -4.17. The molecule has 2 heterocycles. The molecule has 4 rings (SSSR count). The number of pyridine rings is 1. The summed E-state index contributed by atoms with van der Waals surface area (Å²) < 4.78 is 40.4. The van der Waals surface area contributed by atoms with E-state index in [-0.39, 0.29) is 12.2 Å². The summed E-state index contributed by atoms with van der Waals surface area (Å²) in [6.07, 6.45) is 2.03. The van der Waals surface area contributed by atoms with Gasteiger partial charge in [-0.3, -0.25) is 9.88 Å². The molecule has 1 atom stereocenters. The second-order valence-corrected chi connectivity index (χ2v) is 8.46. The smallest absolute Gasteiger partial charge is 0.395 e. The highest BCUT2D eigenvalue weighted by molar-refractivity contribution is 8.01. The molecule has 1 aliphatic heterocycles. The van der Waals surface area contributed by atoms with Crippen LogP contribution in [0.25, 0.3) is 10.9 Å². The van der Waals surface area contributed by atoms with Gasteiger partial charge in [0.05, 0.1) is 5.92 Å². The first-order valence-electron chi connectivity index (χ1n) is 9.56. The number of aromatic nitrogens is 1. The highest BCUT2D eigenvalue weighted by Crippen LogP contribution is 2.36. The van der Waals surface area contributed by atoms with Crippen molar-refractivity contribution >= 4 is 22.9 Å². The minimum Gasteiger partial charge on any atom is -0.505 e. The molecule has 1 aromatic heterocycles. The molecule has 2 aromatic rings. The van der Waals surface area contributed by atoms with Crippen molar-refractivity contribution in [3.63, 3.8) is 0 Å². The summed E-state index contributed by atoms with van der Waals surface area (Å²) >= 11 is 1.52. The Bertz CT molecular complexity index is 936. The molecule has 4 nitrogen and oxygen atoms in total. The maximum Gasteiger partial charge on any atom is 0.395 e. The summed E-state index contributed by atoms with van der Waals surface area (Å²) in [7, 11) is 0. The van der Waals surface area contributed by atoms with Crippen molar-refractivity contribution in [2.24, 2.45) is 5.92 Å². The second-order valence-electron chi connectivity index (χ2n) is 7.29. The topological polar surface area (TPSA) is 39.6 Å². The number of allylic oxidation sites excluding steroid dienone is 3. The Balaban J connectivity index is 1.30. The third kappa shape index (κ3) is 4.76. The number of benzene rings is 1. The van der Waals surface area contributed by atoms with Crippen molar-refractivity contribution < 1.29 is 18.3 Å². The van der Waals surface area contributed by atoms with Gasteiger partial charge in [-0.15, -0.1) is 0 Å². The number of fused-ring (bicyclic) bond motifs is 1. The van der Waals surface area contributed by atoms with Gasteiger partial charge in [-0.25, -0.2) is 4.31 Å². The van der Waals surface area contributed by atoms with Gasteiger partial charge in [-0.2, -0.15) is 13.2 Å². The van der Waals surface area contributed by atoms with Crippen LogP contribution in [0.3, 0.4) is 0 Å². The Morgan fingerprint density at radius 3 is 2.62 bits per heavy atom. The van der Waals surface area contributed by atoms with Gasteiger partial charge in [-0.05, 0) is 24.4 Å². The third-order valence-electron chi connectivity index (χ3n) is 5.28. The molecular weight excluding hydrogens is 399 g/mol. The highest BCUT2D eigenvalue weighted by Gasteiger charge is 2.37. The van der Waals surface area contributed by atoms with Crippen LogP contribution in [0.5, 0.6) is 5.75 Å². The summed E-state index contributed by atoms with van der Waals surface area (Å²) in [6, 6.07) is 7.68. The maximum atomic E-state index is 12.7. The van der Waals surface area contributed by atoms with E-state index in [1.807, 2.05) is 24.3 Å². The van der Waals surface area contributed by atoms with E-state index in [0.29, 0.717) is 12.1 Å². The van der Waals surface area contributed by atoms with E-state index in [1.165, 1.54) is 18.0 Å². The predicted octanol–water partition coefficient (Wildman–Crippen LogP) is 4.73. The maximum absolute atomic E-state index is 12.7. The van der Waals surface area contributed by atoms with Crippen molar-refractivity contribution in [3.05, 3.63) is 59.2 Å². The lowest BCUT2D eigenvalue weighted by Gasteiger charge is -2.34. The minimum absolute atomic E-state index is 0.0115. The molecule has 0 saturated carbocycles. The first-order valence-corrected chi connectivity index (χ1v) is 10.3. The number of rotatable bonds is 4. The van der Waals surface area contributed by atoms with Crippen molar-refractivity contribution in [2.75, 3.05) is 26.2 Å². The number of hydrogen-bond acceptors (Lipinski definition) is 5. The van der Waals surface area contributed by atoms with E-state index in [2.05, 4.69) is 14.2 Å². The Morgan fingerprint density at radius 1 is 1.14 bits per heavy atom. The number of halogens is 3. The molecule has 8 heteroatoms. The lowest BCUT2D eigenvalue weighted by molar-refractivity contribution is -0.160. The molecule has 2 aliphatic rings. The fourth-order valence-corrected chi connectivity index (χ4v) is 4.53. The van der Waals surface area contributed by atoms with Crippen LogP contribution in [0, 0.1) is 5.92 Å². The molecule has 0 bridgehead atoms. The largest absolute Gasteiger partial charge is 0.505 e. The first-order chi connectivity index (χ1) is 13.9. The van der Waals surface area contributed by atoms with E-state index < -0.39 is 12.1 Å².